The summed E-state index contributed by atoms with van der Waals surface area (Å²) in [5.41, 5.74) is 0. The molecule has 0 fully saturated rings. The molecule has 0 unspecified atom stereocenters. The van der Waals surface area contributed by atoms with Gasteiger partial charge in [-0.25, -0.2) is 9.59 Å². The van der Waals surface area contributed by atoms with Crippen LogP contribution in [-0.2, 0) is 23.9 Å². The fourth-order valence-corrected chi connectivity index (χ4v) is 0.773. The van der Waals surface area contributed by atoms with Crippen molar-refractivity contribution in [3.05, 3.63) is 0 Å². The minimum atomic E-state index is -1.84. The molecular formula is C8H8O9. The number of esters is 2. The second-order valence-corrected chi connectivity index (χ2v) is 2.70. The molecule has 0 aliphatic rings. The van der Waals surface area contributed by atoms with Crippen LogP contribution in [0.2, 0.25) is 0 Å². The summed E-state index contributed by atoms with van der Waals surface area (Å²) in [6.45, 7) is 0. The summed E-state index contributed by atoms with van der Waals surface area (Å²) in [6, 6.07) is 0. The van der Waals surface area contributed by atoms with E-state index in [1.807, 2.05) is 0 Å². The average molecular weight is 248 g/mol. The number of ether oxygens (including phenoxy) is 2. The van der Waals surface area contributed by atoms with Gasteiger partial charge in [0.15, 0.2) is 0 Å². The van der Waals surface area contributed by atoms with Gasteiger partial charge in [-0.05, 0) is 0 Å². The third kappa shape index (κ3) is 8.54. The van der Waals surface area contributed by atoms with Gasteiger partial charge in [0.25, 0.3) is 0 Å². The molecule has 0 aromatic heterocycles. The zero-order chi connectivity index (χ0) is 13.4. The maximum atomic E-state index is 11.0. The molecule has 0 heterocycles. The zero-order valence-corrected chi connectivity index (χ0v) is 8.37. The van der Waals surface area contributed by atoms with Gasteiger partial charge in [-0.15, -0.1) is 0 Å². The molecule has 0 aliphatic carbocycles. The van der Waals surface area contributed by atoms with Crippen LogP contribution in [0, 0.1) is 0 Å². The fourth-order valence-electron chi connectivity index (χ4n) is 0.773. The predicted octanol–water partition coefficient (Wildman–Crippen LogP) is 0.168. The molecule has 9 nitrogen and oxygen atoms in total. The molecule has 0 bridgehead atoms. The van der Waals surface area contributed by atoms with Crippen LogP contribution in [0.15, 0.2) is 0 Å². The number of carbonyl (C=O) groups is 5. The zero-order valence-electron chi connectivity index (χ0n) is 8.37. The van der Waals surface area contributed by atoms with Crippen LogP contribution < -0.4 is 0 Å². The molecule has 17 heavy (non-hydrogen) atoms. The Labute approximate surface area is 93.9 Å². The Morgan fingerprint density at radius 3 is 1.71 bits per heavy atom. The first-order valence-corrected chi connectivity index (χ1v) is 4.20. The van der Waals surface area contributed by atoms with E-state index in [1.165, 1.54) is 0 Å². The molecule has 94 valence electrons. The van der Waals surface area contributed by atoms with Gasteiger partial charge in [0, 0.05) is 6.42 Å². The Bertz CT molecular complexity index is 356. The summed E-state index contributed by atoms with van der Waals surface area (Å²) < 4.78 is 7.32. The molecule has 0 rings (SSSR count). The average Bonchev–Trinajstić information content (AvgIpc) is 2.12. The quantitative estimate of drug-likeness (QED) is 0.513. The van der Waals surface area contributed by atoms with Gasteiger partial charge in [0.05, 0.1) is 6.42 Å². The van der Waals surface area contributed by atoms with Gasteiger partial charge in [-0.1, -0.05) is 0 Å². The molecule has 9 heteroatoms. The van der Waals surface area contributed by atoms with E-state index in [-0.39, 0.29) is 0 Å². The Morgan fingerprint density at radius 2 is 1.24 bits per heavy atom. The van der Waals surface area contributed by atoms with Crippen molar-refractivity contribution in [2.75, 3.05) is 0 Å². The third-order valence-electron chi connectivity index (χ3n) is 1.35. The molecular weight excluding hydrogens is 240 g/mol. The van der Waals surface area contributed by atoms with Crippen LogP contribution in [-0.4, -0.2) is 40.2 Å². The topological polar surface area (TPSA) is 144 Å². The molecule has 0 aliphatic heterocycles. The lowest BCUT2D eigenvalue weighted by Gasteiger charge is -1.99. The van der Waals surface area contributed by atoms with E-state index >= 15 is 0 Å². The van der Waals surface area contributed by atoms with E-state index in [4.69, 9.17) is 10.2 Å². The summed E-state index contributed by atoms with van der Waals surface area (Å²) >= 11 is 0. The number of carbonyl (C=O) groups excluding carboxylic acids is 3. The van der Waals surface area contributed by atoms with Gasteiger partial charge in [-0.2, -0.15) is 0 Å². The van der Waals surface area contributed by atoms with Crippen molar-refractivity contribution in [2.45, 2.75) is 19.3 Å². The summed E-state index contributed by atoms with van der Waals surface area (Å²) in [5, 5.41) is 16.0. The van der Waals surface area contributed by atoms with Crippen molar-refractivity contribution in [1.29, 1.82) is 0 Å². The van der Waals surface area contributed by atoms with Crippen LogP contribution in [0.1, 0.15) is 19.3 Å². The SMILES string of the molecule is O=C(CCC(=O)OC(=O)O)CC(=O)OC(=O)O. The minimum absolute atomic E-state index is 0.444. The summed E-state index contributed by atoms with van der Waals surface area (Å²) in [6.07, 6.45) is -5.42. The van der Waals surface area contributed by atoms with Crippen LogP contribution in [0.25, 0.3) is 0 Å². The van der Waals surface area contributed by atoms with Crippen LogP contribution in [0.4, 0.5) is 9.59 Å². The van der Waals surface area contributed by atoms with E-state index in [0.29, 0.717) is 0 Å². The first-order valence-electron chi connectivity index (χ1n) is 4.20. The molecule has 0 atom stereocenters. The molecule has 0 radical (unpaired) electrons. The highest BCUT2D eigenvalue weighted by Gasteiger charge is 2.16. The Hall–Kier alpha value is -2.45. The number of carboxylic acid groups (broad SMARTS) is 2. The summed E-state index contributed by atoms with van der Waals surface area (Å²) in [4.78, 5) is 52.1. The second-order valence-electron chi connectivity index (χ2n) is 2.70. The van der Waals surface area contributed by atoms with Gasteiger partial charge in [-0.3, -0.25) is 14.4 Å². The van der Waals surface area contributed by atoms with Crippen molar-refractivity contribution >= 4 is 30.0 Å². The number of hydrogen-bond donors (Lipinski definition) is 2. The van der Waals surface area contributed by atoms with Gasteiger partial charge >= 0.3 is 24.2 Å². The molecule has 2 N–H and O–H groups in total. The largest absolute Gasteiger partial charge is 0.513 e. The smallest absolute Gasteiger partial charge is 0.449 e. The van der Waals surface area contributed by atoms with Crippen molar-refractivity contribution < 1.29 is 43.7 Å². The Balaban J connectivity index is 3.87. The number of rotatable bonds is 5. The van der Waals surface area contributed by atoms with Gasteiger partial charge in [0.2, 0.25) is 0 Å². The maximum absolute atomic E-state index is 11.0. The normalized spacial score (nSPS) is 9.18. The van der Waals surface area contributed by atoms with E-state index < -0.39 is 49.3 Å². The lowest BCUT2D eigenvalue weighted by molar-refractivity contribution is -0.144. The first kappa shape index (κ1) is 14.6. The fraction of sp³-hybridized carbons (Fsp3) is 0.375. The Kier molecular flexibility index (Phi) is 5.93. The number of ketones is 1. The monoisotopic (exact) mass is 248 g/mol. The van der Waals surface area contributed by atoms with Crippen molar-refractivity contribution in [2.24, 2.45) is 0 Å². The number of hydrogen-bond acceptors (Lipinski definition) is 7. The first-order chi connectivity index (χ1) is 7.81. The van der Waals surface area contributed by atoms with E-state index in [2.05, 4.69) is 9.47 Å². The second kappa shape index (κ2) is 6.93. The highest BCUT2D eigenvalue weighted by Crippen LogP contribution is 1.99. The lowest BCUT2D eigenvalue weighted by Crippen LogP contribution is -2.16. The molecule has 0 amide bonds. The Morgan fingerprint density at radius 1 is 0.765 bits per heavy atom. The van der Waals surface area contributed by atoms with Gasteiger partial charge < -0.3 is 19.7 Å². The highest BCUT2D eigenvalue weighted by molar-refractivity contribution is 5.99. The molecule has 0 spiro atoms. The molecule has 0 saturated heterocycles. The van der Waals surface area contributed by atoms with E-state index in [1.54, 1.807) is 0 Å². The van der Waals surface area contributed by atoms with Gasteiger partial charge in [0.1, 0.15) is 12.2 Å². The summed E-state index contributed by atoms with van der Waals surface area (Å²) in [7, 11) is 0. The van der Waals surface area contributed by atoms with Crippen LogP contribution in [0.3, 0.4) is 0 Å². The lowest BCUT2D eigenvalue weighted by atomic mass is 10.2. The predicted molar refractivity (Wildman–Crippen MR) is 47.1 cm³/mol. The van der Waals surface area contributed by atoms with Crippen LogP contribution >= 0.6 is 0 Å². The van der Waals surface area contributed by atoms with Crippen LogP contribution in [0.5, 0.6) is 0 Å². The number of Topliss-reactive ketones (excluding diaryl/α,β-unsaturated/α-hetero) is 1. The maximum Gasteiger partial charge on any atom is 0.513 e. The van der Waals surface area contributed by atoms with Crippen molar-refractivity contribution in [3.63, 3.8) is 0 Å². The van der Waals surface area contributed by atoms with Crippen molar-refractivity contribution in [3.8, 4) is 0 Å². The minimum Gasteiger partial charge on any atom is -0.449 e. The van der Waals surface area contributed by atoms with E-state index in [0.717, 1.165) is 0 Å². The third-order valence-corrected chi connectivity index (χ3v) is 1.35. The van der Waals surface area contributed by atoms with E-state index in [9.17, 15) is 24.0 Å². The molecule has 0 aromatic rings. The highest BCUT2D eigenvalue weighted by atomic mass is 16.7. The molecule has 0 aromatic carbocycles. The molecule has 0 saturated carbocycles. The summed E-state index contributed by atoms with van der Waals surface area (Å²) in [5.74, 6) is -3.18. The standard InChI is InChI=1S/C8H8O9/c9-4(3-6(11)17-8(14)15)1-2-5(10)16-7(12)13/h1-3H2,(H,12,13)(H,14,15). The van der Waals surface area contributed by atoms with Crippen molar-refractivity contribution in [1.82, 2.24) is 0 Å².